The lowest BCUT2D eigenvalue weighted by atomic mass is 10.2. The van der Waals surface area contributed by atoms with Gasteiger partial charge in [0.15, 0.2) is 5.16 Å². The number of ether oxygens (including phenoxy) is 1. The van der Waals surface area contributed by atoms with Gasteiger partial charge in [-0.3, -0.25) is 9.69 Å². The smallest absolute Gasteiger partial charge is 0.230 e. The number of hydrogen-bond donors (Lipinski definition) is 1. The van der Waals surface area contributed by atoms with Gasteiger partial charge in [0.05, 0.1) is 29.9 Å². The number of amides is 1. The predicted octanol–water partition coefficient (Wildman–Crippen LogP) is 2.79. The highest BCUT2D eigenvalue weighted by Gasteiger charge is 2.21. The van der Waals surface area contributed by atoms with Crippen LogP contribution in [0.15, 0.2) is 41.7 Å². The molecule has 1 aromatic carbocycles. The molecule has 1 saturated heterocycles. The molecular formula is C21H30N4O2S. The zero-order valence-electron chi connectivity index (χ0n) is 16.9. The minimum atomic E-state index is 0.0537. The summed E-state index contributed by atoms with van der Waals surface area (Å²) in [6.45, 7) is 7.86. The van der Waals surface area contributed by atoms with Gasteiger partial charge in [0.2, 0.25) is 5.91 Å². The number of rotatable bonds is 8. The zero-order chi connectivity index (χ0) is 19.9. The van der Waals surface area contributed by atoms with E-state index in [-0.39, 0.29) is 18.1 Å². The second kappa shape index (κ2) is 10.1. The first kappa shape index (κ1) is 20.9. The Kier molecular flexibility index (Phi) is 7.53. The van der Waals surface area contributed by atoms with E-state index in [0.717, 1.165) is 42.5 Å². The van der Waals surface area contributed by atoms with Gasteiger partial charge in [-0.15, -0.1) is 0 Å². The van der Waals surface area contributed by atoms with E-state index in [1.807, 2.05) is 36.0 Å². The molecule has 1 fully saturated rings. The molecule has 7 heteroatoms. The molecule has 28 heavy (non-hydrogen) atoms. The minimum Gasteiger partial charge on any atom is -0.373 e. The summed E-state index contributed by atoms with van der Waals surface area (Å²) in [4.78, 5) is 19.0. The van der Waals surface area contributed by atoms with Gasteiger partial charge in [-0.1, -0.05) is 42.1 Å². The standard InChI is InChI=1S/C21H30N4O2S/c1-16-13-25(14-17(2)27-16)11-7-10-22-20(26)15-28-21-23-12-19(24(21)3)18-8-5-4-6-9-18/h4-6,8-9,12,16-17H,7,10-11,13-15H2,1-3H3,(H,22,26). The van der Waals surface area contributed by atoms with Crippen molar-refractivity contribution in [1.82, 2.24) is 19.8 Å². The minimum absolute atomic E-state index is 0.0537. The molecule has 0 bridgehead atoms. The van der Waals surface area contributed by atoms with Crippen LogP contribution in [0.3, 0.4) is 0 Å². The highest BCUT2D eigenvalue weighted by atomic mass is 32.2. The van der Waals surface area contributed by atoms with Gasteiger partial charge in [0, 0.05) is 33.2 Å². The van der Waals surface area contributed by atoms with Gasteiger partial charge in [-0.2, -0.15) is 0 Å². The summed E-state index contributed by atoms with van der Waals surface area (Å²) >= 11 is 1.47. The van der Waals surface area contributed by atoms with Crippen molar-refractivity contribution < 1.29 is 9.53 Å². The van der Waals surface area contributed by atoms with E-state index in [0.29, 0.717) is 12.3 Å². The van der Waals surface area contributed by atoms with Gasteiger partial charge in [-0.05, 0) is 25.8 Å². The number of thioether (sulfide) groups is 1. The van der Waals surface area contributed by atoms with Gasteiger partial charge >= 0.3 is 0 Å². The molecule has 1 amide bonds. The Morgan fingerprint density at radius 2 is 1.96 bits per heavy atom. The van der Waals surface area contributed by atoms with E-state index in [4.69, 9.17) is 4.74 Å². The summed E-state index contributed by atoms with van der Waals surface area (Å²) in [5.74, 6) is 0.433. The number of morpholine rings is 1. The van der Waals surface area contributed by atoms with E-state index >= 15 is 0 Å². The zero-order valence-corrected chi connectivity index (χ0v) is 17.7. The van der Waals surface area contributed by atoms with Crippen LogP contribution < -0.4 is 5.32 Å². The molecule has 2 aromatic rings. The fraction of sp³-hybridized carbons (Fsp3) is 0.524. The maximum absolute atomic E-state index is 12.2. The summed E-state index contributed by atoms with van der Waals surface area (Å²) in [6.07, 6.45) is 3.39. The van der Waals surface area contributed by atoms with E-state index < -0.39 is 0 Å². The second-order valence-electron chi connectivity index (χ2n) is 7.36. The molecular weight excluding hydrogens is 372 g/mol. The number of benzene rings is 1. The molecule has 6 nitrogen and oxygen atoms in total. The third-order valence-corrected chi connectivity index (χ3v) is 5.86. The van der Waals surface area contributed by atoms with E-state index in [1.54, 1.807) is 0 Å². The topological polar surface area (TPSA) is 59.4 Å². The Labute approximate surface area is 171 Å². The summed E-state index contributed by atoms with van der Waals surface area (Å²) in [6, 6.07) is 10.2. The van der Waals surface area contributed by atoms with Crippen LogP contribution in [0.2, 0.25) is 0 Å². The monoisotopic (exact) mass is 402 g/mol. The van der Waals surface area contributed by atoms with Crippen LogP contribution in [-0.2, 0) is 16.6 Å². The lowest BCUT2D eigenvalue weighted by Gasteiger charge is -2.35. The summed E-state index contributed by atoms with van der Waals surface area (Å²) < 4.78 is 7.79. The van der Waals surface area contributed by atoms with Crippen LogP contribution in [0, 0.1) is 0 Å². The Hall–Kier alpha value is -1.83. The summed E-state index contributed by atoms with van der Waals surface area (Å²) in [7, 11) is 1.99. The van der Waals surface area contributed by atoms with Crippen molar-refractivity contribution in [3.63, 3.8) is 0 Å². The van der Waals surface area contributed by atoms with Crippen LogP contribution >= 0.6 is 11.8 Å². The summed E-state index contributed by atoms with van der Waals surface area (Å²) in [5, 5.41) is 3.87. The molecule has 2 heterocycles. The van der Waals surface area contributed by atoms with Crippen LogP contribution in [0.5, 0.6) is 0 Å². The number of carbonyl (C=O) groups excluding carboxylic acids is 1. The van der Waals surface area contributed by atoms with Gasteiger partial charge in [0.1, 0.15) is 0 Å². The Morgan fingerprint density at radius 3 is 2.68 bits per heavy atom. The highest BCUT2D eigenvalue weighted by Crippen LogP contribution is 2.24. The normalized spacial score (nSPS) is 20.2. The van der Waals surface area contributed by atoms with Crippen molar-refractivity contribution in [2.75, 3.05) is 31.9 Å². The molecule has 0 aliphatic carbocycles. The van der Waals surface area contributed by atoms with E-state index in [2.05, 4.69) is 41.2 Å². The number of imidazole rings is 1. The van der Waals surface area contributed by atoms with Gasteiger partial charge in [-0.25, -0.2) is 4.98 Å². The van der Waals surface area contributed by atoms with Crippen molar-refractivity contribution in [1.29, 1.82) is 0 Å². The molecule has 1 aliphatic rings. The first-order chi connectivity index (χ1) is 13.5. The maximum atomic E-state index is 12.2. The molecule has 1 aromatic heterocycles. The van der Waals surface area contributed by atoms with Crippen LogP contribution in [0.25, 0.3) is 11.3 Å². The molecule has 2 atom stereocenters. The molecule has 0 spiro atoms. The second-order valence-corrected chi connectivity index (χ2v) is 8.30. The average molecular weight is 403 g/mol. The summed E-state index contributed by atoms with van der Waals surface area (Å²) in [5.41, 5.74) is 2.18. The third-order valence-electron chi connectivity index (χ3n) is 4.82. The molecule has 1 aliphatic heterocycles. The van der Waals surface area contributed by atoms with Crippen LogP contribution in [0.1, 0.15) is 20.3 Å². The first-order valence-corrected chi connectivity index (χ1v) is 10.9. The van der Waals surface area contributed by atoms with Crippen molar-refractivity contribution in [2.45, 2.75) is 37.6 Å². The lowest BCUT2D eigenvalue weighted by Crippen LogP contribution is -2.46. The molecule has 0 radical (unpaired) electrons. The first-order valence-electron chi connectivity index (χ1n) is 9.87. The van der Waals surface area contributed by atoms with E-state index in [9.17, 15) is 4.79 Å². The Bertz CT molecular complexity index is 755. The third kappa shape index (κ3) is 5.83. The number of aromatic nitrogens is 2. The fourth-order valence-electron chi connectivity index (χ4n) is 3.58. The lowest BCUT2D eigenvalue weighted by molar-refractivity contribution is -0.118. The largest absolute Gasteiger partial charge is 0.373 e. The molecule has 0 saturated carbocycles. The van der Waals surface area contributed by atoms with Crippen LogP contribution in [0.4, 0.5) is 0 Å². The Morgan fingerprint density at radius 1 is 1.25 bits per heavy atom. The highest BCUT2D eigenvalue weighted by molar-refractivity contribution is 7.99. The van der Waals surface area contributed by atoms with Crippen molar-refractivity contribution in [2.24, 2.45) is 7.05 Å². The predicted molar refractivity (Wildman–Crippen MR) is 113 cm³/mol. The van der Waals surface area contributed by atoms with Crippen molar-refractivity contribution in [3.8, 4) is 11.3 Å². The van der Waals surface area contributed by atoms with Crippen LogP contribution in [-0.4, -0.2) is 64.5 Å². The van der Waals surface area contributed by atoms with Gasteiger partial charge in [0.25, 0.3) is 0 Å². The average Bonchev–Trinajstić information content (AvgIpc) is 3.04. The number of nitrogens with one attached hydrogen (secondary N) is 1. The molecule has 3 rings (SSSR count). The SMILES string of the molecule is CC1CN(CCCNC(=O)CSc2ncc(-c3ccccc3)n2C)CC(C)O1. The number of nitrogens with zero attached hydrogens (tertiary/aromatic N) is 3. The van der Waals surface area contributed by atoms with E-state index in [1.165, 1.54) is 11.8 Å². The quantitative estimate of drug-likeness (QED) is 0.544. The molecule has 152 valence electrons. The molecule has 2 unspecified atom stereocenters. The number of hydrogen-bond acceptors (Lipinski definition) is 5. The maximum Gasteiger partial charge on any atom is 0.230 e. The Balaban J connectivity index is 1.37. The van der Waals surface area contributed by atoms with Crippen molar-refractivity contribution in [3.05, 3.63) is 36.5 Å². The molecule has 1 N–H and O–H groups in total. The van der Waals surface area contributed by atoms with Crippen molar-refractivity contribution >= 4 is 17.7 Å². The number of carbonyl (C=O) groups is 1. The van der Waals surface area contributed by atoms with Gasteiger partial charge < -0.3 is 14.6 Å². The fourth-order valence-corrected chi connectivity index (χ4v) is 4.36.